The first-order valence-corrected chi connectivity index (χ1v) is 6.61. The van der Waals surface area contributed by atoms with Gasteiger partial charge in [0.15, 0.2) is 0 Å². The van der Waals surface area contributed by atoms with Crippen LogP contribution in [0.15, 0.2) is 24.3 Å². The Labute approximate surface area is 113 Å². The predicted molar refractivity (Wildman–Crippen MR) is 72.8 cm³/mol. The second-order valence-corrected chi connectivity index (χ2v) is 5.77. The third-order valence-corrected chi connectivity index (χ3v) is 3.72. The molecule has 1 aliphatic heterocycles. The van der Waals surface area contributed by atoms with Gasteiger partial charge in [0.25, 0.3) is 0 Å². The van der Waals surface area contributed by atoms with E-state index in [1.807, 2.05) is 24.3 Å². The van der Waals surface area contributed by atoms with Crippen LogP contribution in [-0.4, -0.2) is 24.3 Å². The van der Waals surface area contributed by atoms with Crippen LogP contribution in [-0.2, 0) is 16.0 Å². The summed E-state index contributed by atoms with van der Waals surface area (Å²) < 4.78 is 5.06. The molecule has 104 valence electrons. The highest BCUT2D eigenvalue weighted by molar-refractivity contribution is 5.77. The molecule has 19 heavy (non-hydrogen) atoms. The highest BCUT2D eigenvalue weighted by Gasteiger charge is 2.51. The molecule has 3 N–H and O–H groups in total. The molecular weight excluding hydrogens is 242 g/mol. The first-order chi connectivity index (χ1) is 8.95. The van der Waals surface area contributed by atoms with Gasteiger partial charge in [0.05, 0.1) is 19.3 Å². The standard InChI is InChI=1S/C15H21NO3/c1-10(2)7-11-3-5-12(6-4-11)13(16)15(14(17)18)8-19-9-15/h3-6,10,13H,7-9,16H2,1-2H3,(H,17,18). The lowest BCUT2D eigenvalue weighted by Gasteiger charge is -2.41. The van der Waals surface area contributed by atoms with Gasteiger partial charge < -0.3 is 15.6 Å². The second-order valence-electron chi connectivity index (χ2n) is 5.77. The van der Waals surface area contributed by atoms with Gasteiger partial charge in [-0.2, -0.15) is 0 Å². The van der Waals surface area contributed by atoms with Crippen LogP contribution in [0.1, 0.15) is 31.0 Å². The van der Waals surface area contributed by atoms with Crippen LogP contribution >= 0.6 is 0 Å². The number of hydrogen-bond acceptors (Lipinski definition) is 3. The Morgan fingerprint density at radius 3 is 2.32 bits per heavy atom. The summed E-state index contributed by atoms with van der Waals surface area (Å²) in [6.07, 6.45) is 1.02. The number of aliphatic carboxylic acids is 1. The fourth-order valence-corrected chi connectivity index (χ4v) is 2.41. The Hall–Kier alpha value is -1.39. The third kappa shape index (κ3) is 2.65. The topological polar surface area (TPSA) is 72.6 Å². The molecule has 0 spiro atoms. The molecule has 4 heteroatoms. The van der Waals surface area contributed by atoms with Crippen molar-refractivity contribution in [2.45, 2.75) is 26.3 Å². The summed E-state index contributed by atoms with van der Waals surface area (Å²) in [7, 11) is 0. The van der Waals surface area contributed by atoms with Crippen LogP contribution < -0.4 is 5.73 Å². The molecule has 1 aromatic carbocycles. The molecule has 1 saturated heterocycles. The zero-order valence-electron chi connectivity index (χ0n) is 11.4. The zero-order valence-corrected chi connectivity index (χ0v) is 11.4. The van der Waals surface area contributed by atoms with Crippen molar-refractivity contribution in [2.24, 2.45) is 17.1 Å². The molecule has 0 saturated carbocycles. The van der Waals surface area contributed by atoms with Crippen molar-refractivity contribution >= 4 is 5.97 Å². The van der Waals surface area contributed by atoms with E-state index in [2.05, 4.69) is 13.8 Å². The van der Waals surface area contributed by atoms with Crippen molar-refractivity contribution in [3.8, 4) is 0 Å². The van der Waals surface area contributed by atoms with Gasteiger partial charge in [-0.25, -0.2) is 0 Å². The van der Waals surface area contributed by atoms with E-state index >= 15 is 0 Å². The lowest BCUT2D eigenvalue weighted by atomic mass is 9.75. The number of ether oxygens (including phenoxy) is 1. The van der Waals surface area contributed by atoms with Crippen molar-refractivity contribution < 1.29 is 14.6 Å². The molecule has 0 aliphatic carbocycles. The van der Waals surface area contributed by atoms with Gasteiger partial charge in [0.2, 0.25) is 0 Å². The van der Waals surface area contributed by atoms with E-state index in [1.54, 1.807) is 0 Å². The molecular formula is C15H21NO3. The number of rotatable bonds is 5. The summed E-state index contributed by atoms with van der Waals surface area (Å²) in [5, 5.41) is 9.33. The molecule has 0 radical (unpaired) electrons. The van der Waals surface area contributed by atoms with E-state index in [0.29, 0.717) is 5.92 Å². The van der Waals surface area contributed by atoms with Crippen LogP contribution in [0.2, 0.25) is 0 Å². The number of carbonyl (C=O) groups is 1. The molecule has 1 atom stereocenters. The predicted octanol–water partition coefficient (Wildman–Crippen LogP) is 1.99. The van der Waals surface area contributed by atoms with E-state index < -0.39 is 17.4 Å². The normalized spacial score (nSPS) is 18.9. The van der Waals surface area contributed by atoms with Crippen molar-refractivity contribution in [1.29, 1.82) is 0 Å². The fourth-order valence-electron chi connectivity index (χ4n) is 2.41. The molecule has 0 bridgehead atoms. The Balaban J connectivity index is 2.15. The lowest BCUT2D eigenvalue weighted by molar-refractivity contribution is -0.184. The molecule has 0 aromatic heterocycles. The van der Waals surface area contributed by atoms with Crippen molar-refractivity contribution in [3.05, 3.63) is 35.4 Å². The molecule has 1 unspecified atom stereocenters. The molecule has 1 fully saturated rings. The Kier molecular flexibility index (Phi) is 3.92. The Morgan fingerprint density at radius 2 is 1.95 bits per heavy atom. The summed E-state index contributed by atoms with van der Waals surface area (Å²) >= 11 is 0. The molecule has 1 aliphatic rings. The maximum atomic E-state index is 11.4. The highest BCUT2D eigenvalue weighted by atomic mass is 16.5. The number of nitrogens with two attached hydrogens (primary N) is 1. The minimum Gasteiger partial charge on any atom is -0.481 e. The smallest absolute Gasteiger partial charge is 0.316 e. The van der Waals surface area contributed by atoms with Gasteiger partial charge in [-0.1, -0.05) is 38.1 Å². The minimum absolute atomic E-state index is 0.192. The number of hydrogen-bond donors (Lipinski definition) is 2. The average molecular weight is 263 g/mol. The minimum atomic E-state index is -0.959. The van der Waals surface area contributed by atoms with Crippen LogP contribution in [0.5, 0.6) is 0 Å². The van der Waals surface area contributed by atoms with Crippen molar-refractivity contribution in [3.63, 3.8) is 0 Å². The van der Waals surface area contributed by atoms with E-state index in [9.17, 15) is 9.90 Å². The van der Waals surface area contributed by atoms with Gasteiger partial charge in [0.1, 0.15) is 5.41 Å². The molecule has 1 heterocycles. The van der Waals surface area contributed by atoms with E-state index in [4.69, 9.17) is 10.5 Å². The highest BCUT2D eigenvalue weighted by Crippen LogP contribution is 2.39. The fraction of sp³-hybridized carbons (Fsp3) is 0.533. The van der Waals surface area contributed by atoms with Gasteiger partial charge in [-0.3, -0.25) is 4.79 Å². The van der Waals surface area contributed by atoms with Gasteiger partial charge in [0, 0.05) is 0 Å². The van der Waals surface area contributed by atoms with E-state index in [1.165, 1.54) is 5.56 Å². The molecule has 0 amide bonds. The Morgan fingerprint density at radius 1 is 1.37 bits per heavy atom. The molecule has 2 rings (SSSR count). The first kappa shape index (κ1) is 14.0. The Bertz CT molecular complexity index is 449. The third-order valence-electron chi connectivity index (χ3n) is 3.72. The SMILES string of the molecule is CC(C)Cc1ccc(C(N)C2(C(=O)O)COC2)cc1. The number of carboxylic acid groups (broad SMARTS) is 1. The molecule has 1 aromatic rings. The monoisotopic (exact) mass is 263 g/mol. The van der Waals surface area contributed by atoms with Crippen LogP contribution in [0.25, 0.3) is 0 Å². The largest absolute Gasteiger partial charge is 0.481 e. The maximum Gasteiger partial charge on any atom is 0.316 e. The average Bonchev–Trinajstić information content (AvgIpc) is 2.26. The summed E-state index contributed by atoms with van der Waals surface area (Å²) in [6.45, 7) is 4.73. The van der Waals surface area contributed by atoms with Gasteiger partial charge in [-0.05, 0) is 23.5 Å². The quantitative estimate of drug-likeness (QED) is 0.852. The van der Waals surface area contributed by atoms with E-state index in [0.717, 1.165) is 12.0 Å². The first-order valence-electron chi connectivity index (χ1n) is 6.61. The van der Waals surface area contributed by atoms with Crippen molar-refractivity contribution in [2.75, 3.05) is 13.2 Å². The number of benzene rings is 1. The summed E-state index contributed by atoms with van der Waals surface area (Å²) in [5.74, 6) is -0.276. The maximum absolute atomic E-state index is 11.4. The van der Waals surface area contributed by atoms with Gasteiger partial charge in [-0.15, -0.1) is 0 Å². The van der Waals surface area contributed by atoms with Crippen LogP contribution in [0.3, 0.4) is 0 Å². The summed E-state index contributed by atoms with van der Waals surface area (Å²) in [4.78, 5) is 11.4. The molecule has 4 nitrogen and oxygen atoms in total. The second kappa shape index (κ2) is 5.31. The summed E-state index contributed by atoms with van der Waals surface area (Å²) in [5.41, 5.74) is 7.28. The number of carboxylic acids is 1. The van der Waals surface area contributed by atoms with Crippen LogP contribution in [0.4, 0.5) is 0 Å². The van der Waals surface area contributed by atoms with Crippen LogP contribution in [0, 0.1) is 11.3 Å². The van der Waals surface area contributed by atoms with Gasteiger partial charge >= 0.3 is 5.97 Å². The van der Waals surface area contributed by atoms with E-state index in [-0.39, 0.29) is 13.2 Å². The summed E-state index contributed by atoms with van der Waals surface area (Å²) in [6, 6.07) is 7.41. The van der Waals surface area contributed by atoms with Crippen molar-refractivity contribution in [1.82, 2.24) is 0 Å². The lowest BCUT2D eigenvalue weighted by Crippen LogP contribution is -2.55. The zero-order chi connectivity index (χ0) is 14.0.